The van der Waals surface area contributed by atoms with Gasteiger partial charge in [-0.25, -0.2) is 0 Å². The summed E-state index contributed by atoms with van der Waals surface area (Å²) in [5, 5.41) is 2.19. The summed E-state index contributed by atoms with van der Waals surface area (Å²) >= 11 is 0. The first-order valence-electron chi connectivity index (χ1n) is 6.06. The first-order valence-corrected chi connectivity index (χ1v) is 6.06. The van der Waals surface area contributed by atoms with E-state index in [0.29, 0.717) is 0 Å². The number of carbonyl (C=O) groups excluding carboxylic acids is 3. The van der Waals surface area contributed by atoms with Crippen LogP contribution in [0.25, 0.3) is 0 Å². The molecule has 1 aromatic rings. The second-order valence-corrected chi connectivity index (χ2v) is 5.19. The smallest absolute Gasteiger partial charge is 0.255 e. The minimum absolute atomic E-state index is 0.156. The molecule has 7 nitrogen and oxygen atoms in total. The van der Waals surface area contributed by atoms with Crippen molar-refractivity contribution in [2.45, 2.75) is 19.4 Å². The van der Waals surface area contributed by atoms with Crippen LogP contribution in [0.1, 0.15) is 24.2 Å². The summed E-state index contributed by atoms with van der Waals surface area (Å²) in [7, 11) is 1.57. The van der Waals surface area contributed by atoms with Crippen LogP contribution in [0.2, 0.25) is 0 Å². The monoisotopic (exact) mass is 277 g/mol. The Morgan fingerprint density at radius 1 is 1.30 bits per heavy atom. The van der Waals surface area contributed by atoms with Gasteiger partial charge in [0.25, 0.3) is 17.4 Å². The molecular weight excluding hydrogens is 262 g/mol. The van der Waals surface area contributed by atoms with E-state index in [1.165, 1.54) is 27.8 Å². The van der Waals surface area contributed by atoms with Gasteiger partial charge in [-0.3, -0.25) is 24.5 Å². The Morgan fingerprint density at radius 3 is 2.55 bits per heavy atom. The number of nitrogens with one attached hydrogen (secondary N) is 1. The van der Waals surface area contributed by atoms with Gasteiger partial charge in [0, 0.05) is 24.9 Å². The zero-order valence-electron chi connectivity index (χ0n) is 11.5. The number of hydrogen-bond donors (Lipinski definition) is 1. The van der Waals surface area contributed by atoms with Crippen molar-refractivity contribution in [3.05, 3.63) is 34.2 Å². The summed E-state index contributed by atoms with van der Waals surface area (Å²) < 4.78 is 1.33. The summed E-state index contributed by atoms with van der Waals surface area (Å²) in [4.78, 5) is 48.4. The van der Waals surface area contributed by atoms with E-state index in [1.807, 2.05) is 0 Å². The molecule has 1 aromatic heterocycles. The molecule has 0 spiro atoms. The van der Waals surface area contributed by atoms with Crippen LogP contribution in [0, 0.1) is 0 Å². The summed E-state index contributed by atoms with van der Waals surface area (Å²) in [5.41, 5.74) is -1.32. The molecule has 1 saturated heterocycles. The number of nitrogens with zero attached hydrogens (tertiary/aromatic N) is 2. The van der Waals surface area contributed by atoms with Gasteiger partial charge in [0.05, 0.1) is 0 Å². The fourth-order valence-corrected chi connectivity index (χ4v) is 1.95. The van der Waals surface area contributed by atoms with Crippen LogP contribution >= 0.6 is 0 Å². The van der Waals surface area contributed by atoms with Gasteiger partial charge >= 0.3 is 0 Å². The zero-order chi connectivity index (χ0) is 15.1. The molecule has 0 aliphatic carbocycles. The Balaban J connectivity index is 2.40. The van der Waals surface area contributed by atoms with Gasteiger partial charge < -0.3 is 9.47 Å². The van der Waals surface area contributed by atoms with Crippen molar-refractivity contribution in [2.75, 3.05) is 6.54 Å². The number of pyridine rings is 1. The molecule has 2 heterocycles. The van der Waals surface area contributed by atoms with E-state index in [-0.39, 0.29) is 17.7 Å². The molecule has 7 heteroatoms. The lowest BCUT2D eigenvalue weighted by atomic mass is 9.97. The van der Waals surface area contributed by atoms with Crippen LogP contribution in [0.5, 0.6) is 0 Å². The third-order valence-electron chi connectivity index (χ3n) is 3.38. The van der Waals surface area contributed by atoms with Crippen LogP contribution in [-0.4, -0.2) is 39.3 Å². The summed E-state index contributed by atoms with van der Waals surface area (Å²) in [5.74, 6) is -1.59. The van der Waals surface area contributed by atoms with Gasteiger partial charge in [-0.15, -0.1) is 0 Å². The lowest BCUT2D eigenvalue weighted by Gasteiger charge is -2.40. The van der Waals surface area contributed by atoms with Gasteiger partial charge in [0.15, 0.2) is 0 Å². The highest BCUT2D eigenvalue weighted by Gasteiger charge is 2.43. The fourth-order valence-electron chi connectivity index (χ4n) is 1.95. The number of rotatable bonds is 1. The average molecular weight is 277 g/mol. The summed E-state index contributed by atoms with van der Waals surface area (Å²) in [6, 6.07) is 2.67. The van der Waals surface area contributed by atoms with Crippen molar-refractivity contribution in [3.8, 4) is 0 Å². The highest BCUT2D eigenvalue weighted by molar-refractivity contribution is 6.08. The maximum Gasteiger partial charge on any atom is 0.255 e. The molecule has 106 valence electrons. The Hall–Kier alpha value is -2.44. The molecule has 0 unspecified atom stereocenters. The van der Waals surface area contributed by atoms with E-state index in [9.17, 15) is 19.2 Å². The number of piperazine rings is 1. The van der Waals surface area contributed by atoms with Crippen molar-refractivity contribution >= 4 is 17.7 Å². The van der Waals surface area contributed by atoms with Gasteiger partial charge in [-0.2, -0.15) is 0 Å². The highest BCUT2D eigenvalue weighted by Crippen LogP contribution is 2.20. The number of aryl methyl sites for hydroxylation is 1. The van der Waals surface area contributed by atoms with Crippen molar-refractivity contribution in [1.82, 2.24) is 14.8 Å². The van der Waals surface area contributed by atoms with Crippen LogP contribution in [0.4, 0.5) is 0 Å². The van der Waals surface area contributed by atoms with Crippen LogP contribution in [-0.2, 0) is 16.6 Å². The SMILES string of the molecule is Cn1ccc(C(=O)N2CC(=O)NC(=O)C2(C)C)cc1=O. The van der Waals surface area contributed by atoms with Crippen LogP contribution in [0.3, 0.4) is 0 Å². The van der Waals surface area contributed by atoms with Crippen molar-refractivity contribution in [2.24, 2.45) is 7.05 Å². The third-order valence-corrected chi connectivity index (χ3v) is 3.38. The molecule has 0 atom stereocenters. The first-order chi connectivity index (χ1) is 9.23. The Bertz CT molecular complexity index is 660. The molecule has 0 radical (unpaired) electrons. The van der Waals surface area contributed by atoms with E-state index in [0.717, 1.165) is 0 Å². The van der Waals surface area contributed by atoms with E-state index < -0.39 is 23.3 Å². The third kappa shape index (κ3) is 2.22. The molecule has 1 N–H and O–H groups in total. The van der Waals surface area contributed by atoms with E-state index in [2.05, 4.69) is 5.32 Å². The van der Waals surface area contributed by atoms with E-state index >= 15 is 0 Å². The molecule has 20 heavy (non-hydrogen) atoms. The number of aromatic nitrogens is 1. The predicted octanol–water partition coefficient (Wildman–Crippen LogP) is -0.737. The zero-order valence-corrected chi connectivity index (χ0v) is 11.5. The van der Waals surface area contributed by atoms with Gasteiger partial charge in [-0.1, -0.05) is 0 Å². The topological polar surface area (TPSA) is 88.5 Å². The van der Waals surface area contributed by atoms with Crippen LogP contribution in [0.15, 0.2) is 23.1 Å². The fraction of sp³-hybridized carbons (Fsp3) is 0.385. The van der Waals surface area contributed by atoms with Gasteiger partial charge in [0.1, 0.15) is 12.1 Å². The number of amides is 3. The van der Waals surface area contributed by atoms with Crippen LogP contribution < -0.4 is 10.9 Å². The second-order valence-electron chi connectivity index (χ2n) is 5.19. The molecule has 1 fully saturated rings. The minimum atomic E-state index is -1.15. The van der Waals surface area contributed by atoms with E-state index in [1.54, 1.807) is 20.9 Å². The lowest BCUT2D eigenvalue weighted by Crippen LogP contribution is -2.65. The maximum absolute atomic E-state index is 12.4. The van der Waals surface area contributed by atoms with Gasteiger partial charge in [-0.05, 0) is 19.9 Å². The number of hydrogen-bond acceptors (Lipinski definition) is 4. The van der Waals surface area contributed by atoms with Crippen molar-refractivity contribution < 1.29 is 14.4 Å². The normalized spacial score (nSPS) is 17.9. The Labute approximate surface area is 115 Å². The molecule has 1 aliphatic rings. The quantitative estimate of drug-likeness (QED) is 0.685. The minimum Gasteiger partial charge on any atom is -0.319 e. The summed E-state index contributed by atoms with van der Waals surface area (Å²) in [6.45, 7) is 2.88. The molecule has 0 bridgehead atoms. The standard InChI is InChI=1S/C13H15N3O4/c1-13(2)12(20)14-9(17)7-16(13)11(19)8-4-5-15(3)10(18)6-8/h4-6H,7H2,1-3H3,(H,14,17,20). The number of carbonyl (C=O) groups is 3. The molecular formula is C13H15N3O4. The van der Waals surface area contributed by atoms with Crippen molar-refractivity contribution in [3.63, 3.8) is 0 Å². The maximum atomic E-state index is 12.4. The van der Waals surface area contributed by atoms with Crippen molar-refractivity contribution in [1.29, 1.82) is 0 Å². The molecule has 3 amide bonds. The molecule has 1 aliphatic heterocycles. The van der Waals surface area contributed by atoms with E-state index in [4.69, 9.17) is 0 Å². The number of imide groups is 1. The Morgan fingerprint density at radius 2 is 1.95 bits per heavy atom. The average Bonchev–Trinajstić information content (AvgIpc) is 2.36. The lowest BCUT2D eigenvalue weighted by molar-refractivity contribution is -0.143. The second kappa shape index (κ2) is 4.59. The molecule has 2 rings (SSSR count). The molecule has 0 saturated carbocycles. The highest BCUT2D eigenvalue weighted by atomic mass is 16.2. The predicted molar refractivity (Wildman–Crippen MR) is 69.9 cm³/mol. The van der Waals surface area contributed by atoms with Gasteiger partial charge in [0.2, 0.25) is 5.91 Å². The first kappa shape index (κ1) is 14.0. The Kier molecular flexibility index (Phi) is 3.21. The molecule has 0 aromatic carbocycles. The largest absolute Gasteiger partial charge is 0.319 e. The summed E-state index contributed by atoms with van der Waals surface area (Å²) in [6.07, 6.45) is 1.47.